The van der Waals surface area contributed by atoms with Crippen LogP contribution >= 0.6 is 56.9 Å². The lowest BCUT2D eigenvalue weighted by atomic mass is 9.85. The fourth-order valence-electron chi connectivity index (χ4n) is 4.38. The summed E-state index contributed by atoms with van der Waals surface area (Å²) in [5.74, 6) is 1.54. The fraction of sp³-hybridized carbons (Fsp3) is 0.375. The molecule has 2 aliphatic rings. The molecule has 2 aromatic rings. The topological polar surface area (TPSA) is 41.6 Å². The Labute approximate surface area is 215 Å². The Bertz CT molecular complexity index is 960. The van der Waals surface area contributed by atoms with Gasteiger partial charge in [-0.3, -0.25) is 4.79 Å². The molecule has 7 heteroatoms. The number of nitrogens with one attached hydrogen (secondary N) is 1. The van der Waals surface area contributed by atoms with E-state index in [9.17, 15) is 4.79 Å². The predicted octanol–water partition coefficient (Wildman–Crippen LogP) is 6.80. The number of carbonyl (C=O) groups is 1. The van der Waals surface area contributed by atoms with Crippen LogP contribution in [0, 0.1) is 13.1 Å². The Balaban J connectivity index is 1.66. The SMILES string of the molecule is COc1c(I)cc(/C=C2\SC(Nc3ccccc3)N([C@H]3CCCC[C@@H]3C)C2=O)cc1I. The van der Waals surface area contributed by atoms with Crippen LogP contribution in [-0.4, -0.2) is 29.5 Å². The molecule has 1 amide bonds. The van der Waals surface area contributed by atoms with Crippen LogP contribution in [-0.2, 0) is 4.79 Å². The molecule has 0 radical (unpaired) electrons. The van der Waals surface area contributed by atoms with Crippen molar-refractivity contribution in [3.8, 4) is 5.75 Å². The number of hydrogen-bond donors (Lipinski definition) is 1. The molecule has 1 heterocycles. The third-order valence-corrected chi connectivity index (χ3v) is 8.66. The van der Waals surface area contributed by atoms with E-state index in [1.54, 1.807) is 18.9 Å². The summed E-state index contributed by atoms with van der Waals surface area (Å²) in [5.41, 5.74) is 1.97. The molecule has 2 fully saturated rings. The molecule has 1 unspecified atom stereocenters. The van der Waals surface area contributed by atoms with Crippen LogP contribution in [0.1, 0.15) is 38.2 Å². The number of para-hydroxylation sites is 1. The average molecular weight is 660 g/mol. The highest BCUT2D eigenvalue weighted by Gasteiger charge is 2.42. The third kappa shape index (κ3) is 5.19. The number of rotatable bonds is 5. The second-order valence-electron chi connectivity index (χ2n) is 8.05. The first kappa shape index (κ1) is 23.2. The fourth-order valence-corrected chi connectivity index (χ4v) is 7.84. The molecule has 1 saturated carbocycles. The lowest BCUT2D eigenvalue weighted by Gasteiger charge is -2.39. The number of thioether (sulfide) groups is 1. The van der Waals surface area contributed by atoms with Crippen molar-refractivity contribution >= 4 is 74.6 Å². The van der Waals surface area contributed by atoms with E-state index < -0.39 is 0 Å². The molecule has 1 saturated heterocycles. The smallest absolute Gasteiger partial charge is 0.262 e. The maximum Gasteiger partial charge on any atom is 0.262 e. The van der Waals surface area contributed by atoms with Gasteiger partial charge < -0.3 is 15.0 Å². The molecule has 0 aromatic heterocycles. The summed E-state index contributed by atoms with van der Waals surface area (Å²) in [6, 6.07) is 14.6. The summed E-state index contributed by atoms with van der Waals surface area (Å²) in [6.45, 7) is 2.29. The number of benzene rings is 2. The first-order valence-electron chi connectivity index (χ1n) is 10.5. The maximum atomic E-state index is 13.6. The Morgan fingerprint density at radius 3 is 2.45 bits per heavy atom. The maximum absolute atomic E-state index is 13.6. The number of halogens is 2. The van der Waals surface area contributed by atoms with Gasteiger partial charge in [-0.1, -0.05) is 49.7 Å². The molecule has 4 nitrogen and oxygen atoms in total. The quantitative estimate of drug-likeness (QED) is 0.283. The summed E-state index contributed by atoms with van der Waals surface area (Å²) >= 11 is 6.21. The van der Waals surface area contributed by atoms with Crippen LogP contribution < -0.4 is 10.1 Å². The molecular weight excluding hydrogens is 634 g/mol. The first-order valence-corrected chi connectivity index (χ1v) is 13.6. The van der Waals surface area contributed by atoms with E-state index in [0.29, 0.717) is 5.92 Å². The molecular formula is C24H26I2N2O2S. The lowest BCUT2D eigenvalue weighted by Crippen LogP contribution is -2.48. The first-order chi connectivity index (χ1) is 15.0. The Hall–Kier alpha value is -0.940. The molecule has 31 heavy (non-hydrogen) atoms. The minimum Gasteiger partial charge on any atom is -0.495 e. The second kappa shape index (κ2) is 10.3. The molecule has 2 aromatic carbocycles. The van der Waals surface area contributed by atoms with Gasteiger partial charge in [0.2, 0.25) is 0 Å². The zero-order chi connectivity index (χ0) is 22.0. The van der Waals surface area contributed by atoms with Crippen LogP contribution in [0.25, 0.3) is 6.08 Å². The molecule has 1 aliphatic carbocycles. The van der Waals surface area contributed by atoms with Gasteiger partial charge in [-0.15, -0.1) is 0 Å². The zero-order valence-corrected chi connectivity index (χ0v) is 22.7. The van der Waals surface area contributed by atoms with E-state index >= 15 is 0 Å². The van der Waals surface area contributed by atoms with Gasteiger partial charge in [-0.05, 0) is 99.8 Å². The Morgan fingerprint density at radius 2 is 1.81 bits per heavy atom. The van der Waals surface area contributed by atoms with Crippen molar-refractivity contribution < 1.29 is 9.53 Å². The van der Waals surface area contributed by atoms with Gasteiger partial charge in [-0.25, -0.2) is 0 Å². The van der Waals surface area contributed by atoms with Crippen molar-refractivity contribution in [2.45, 2.75) is 44.1 Å². The number of ether oxygens (including phenoxy) is 1. The highest BCUT2D eigenvalue weighted by Crippen LogP contribution is 2.42. The van der Waals surface area contributed by atoms with E-state index in [0.717, 1.165) is 35.5 Å². The van der Waals surface area contributed by atoms with Crippen molar-refractivity contribution in [2.24, 2.45) is 5.92 Å². The molecule has 3 atom stereocenters. The van der Waals surface area contributed by atoms with Crippen molar-refractivity contribution in [1.82, 2.24) is 4.90 Å². The van der Waals surface area contributed by atoms with Gasteiger partial charge in [0.25, 0.3) is 5.91 Å². The van der Waals surface area contributed by atoms with Crippen LogP contribution in [0.3, 0.4) is 0 Å². The van der Waals surface area contributed by atoms with Crippen molar-refractivity contribution in [1.29, 1.82) is 0 Å². The summed E-state index contributed by atoms with van der Waals surface area (Å²) < 4.78 is 7.58. The number of anilines is 1. The number of nitrogens with zero attached hydrogens (tertiary/aromatic N) is 1. The molecule has 1 aliphatic heterocycles. The van der Waals surface area contributed by atoms with E-state index in [1.807, 2.05) is 24.3 Å². The van der Waals surface area contributed by atoms with Crippen molar-refractivity contribution in [3.05, 3.63) is 60.1 Å². The number of amides is 1. The average Bonchev–Trinajstić information content (AvgIpc) is 3.03. The van der Waals surface area contributed by atoms with Crippen LogP contribution in [0.5, 0.6) is 5.75 Å². The largest absolute Gasteiger partial charge is 0.495 e. The number of methoxy groups -OCH3 is 1. The van der Waals surface area contributed by atoms with Gasteiger partial charge in [0.05, 0.1) is 19.2 Å². The monoisotopic (exact) mass is 660 g/mol. The summed E-state index contributed by atoms with van der Waals surface area (Å²) in [4.78, 5) is 16.5. The predicted molar refractivity (Wildman–Crippen MR) is 146 cm³/mol. The van der Waals surface area contributed by atoms with Crippen molar-refractivity contribution in [2.75, 3.05) is 12.4 Å². The third-order valence-electron chi connectivity index (χ3n) is 5.95. The Morgan fingerprint density at radius 1 is 1.13 bits per heavy atom. The van der Waals surface area contributed by atoms with Gasteiger partial charge in [0, 0.05) is 11.7 Å². The minimum atomic E-state index is -0.0944. The van der Waals surface area contributed by atoms with E-state index in [1.165, 1.54) is 19.3 Å². The Kier molecular flexibility index (Phi) is 7.74. The van der Waals surface area contributed by atoms with Crippen LogP contribution in [0.2, 0.25) is 0 Å². The molecule has 1 N–H and O–H groups in total. The summed E-state index contributed by atoms with van der Waals surface area (Å²) in [7, 11) is 1.69. The highest BCUT2D eigenvalue weighted by molar-refractivity contribution is 14.1. The van der Waals surface area contributed by atoms with Crippen LogP contribution in [0.4, 0.5) is 5.69 Å². The molecule has 4 rings (SSSR count). The van der Waals surface area contributed by atoms with Gasteiger partial charge in [-0.2, -0.15) is 0 Å². The van der Waals surface area contributed by atoms with E-state index in [-0.39, 0.29) is 17.4 Å². The summed E-state index contributed by atoms with van der Waals surface area (Å²) in [6.07, 6.45) is 6.74. The lowest BCUT2D eigenvalue weighted by molar-refractivity contribution is -0.129. The summed E-state index contributed by atoms with van der Waals surface area (Å²) in [5, 5.41) is 3.60. The van der Waals surface area contributed by atoms with E-state index in [4.69, 9.17) is 4.74 Å². The van der Waals surface area contributed by atoms with E-state index in [2.05, 4.69) is 86.6 Å². The molecule has 0 spiro atoms. The molecule has 164 valence electrons. The van der Waals surface area contributed by atoms with Crippen molar-refractivity contribution in [3.63, 3.8) is 0 Å². The number of hydrogen-bond acceptors (Lipinski definition) is 4. The highest BCUT2D eigenvalue weighted by atomic mass is 127. The minimum absolute atomic E-state index is 0.0944. The van der Waals surface area contributed by atoms with Gasteiger partial charge >= 0.3 is 0 Å². The van der Waals surface area contributed by atoms with Crippen LogP contribution in [0.15, 0.2) is 47.4 Å². The van der Waals surface area contributed by atoms with Gasteiger partial charge in [0.15, 0.2) is 5.50 Å². The second-order valence-corrected chi connectivity index (χ2v) is 11.5. The normalized spacial score (nSPS) is 25.2. The number of carbonyl (C=O) groups excluding carboxylic acids is 1. The zero-order valence-electron chi connectivity index (χ0n) is 17.6. The molecule has 0 bridgehead atoms. The standard InChI is InChI=1S/C24H26I2N2O2S/c1-15-8-6-7-11-20(15)28-23(29)21(31-24(28)27-17-9-4-3-5-10-17)14-16-12-18(25)22(30-2)19(26)13-16/h3-5,9-10,12-15,20,24,27H,6-8,11H2,1-2H3/b21-14-/t15-,20-,24?/m0/s1. The van der Waals surface area contributed by atoms with Gasteiger partial charge in [0.1, 0.15) is 5.75 Å².